The first kappa shape index (κ1) is 16.7. The van der Waals surface area contributed by atoms with E-state index in [4.69, 9.17) is 0 Å². The molecule has 0 spiro atoms. The molecule has 0 bridgehead atoms. The molecule has 0 saturated carbocycles. The first-order valence-electron chi connectivity index (χ1n) is 6.65. The second-order valence-corrected chi connectivity index (χ2v) is 5.52. The van der Waals surface area contributed by atoms with Crippen LogP contribution < -0.4 is 10.7 Å². The van der Waals surface area contributed by atoms with Gasteiger partial charge in [-0.1, -0.05) is 0 Å². The lowest BCUT2D eigenvalue weighted by molar-refractivity contribution is -0.114. The predicted molar refractivity (Wildman–Crippen MR) is 91.6 cm³/mol. The highest BCUT2D eigenvalue weighted by Crippen LogP contribution is 2.23. The van der Waals surface area contributed by atoms with Crippen LogP contribution in [-0.4, -0.2) is 23.1 Å². The van der Waals surface area contributed by atoms with E-state index in [2.05, 4.69) is 31.8 Å². The van der Waals surface area contributed by atoms with Gasteiger partial charge in [-0.2, -0.15) is 5.10 Å². The van der Waals surface area contributed by atoms with Gasteiger partial charge in [-0.15, -0.1) is 0 Å². The minimum absolute atomic E-state index is 0.130. The smallest absolute Gasteiger partial charge is 0.271 e. The zero-order chi connectivity index (χ0) is 16.8. The number of nitrogens with zero attached hydrogens (tertiary/aromatic N) is 1. The number of carbonyl (C=O) groups is 2. The molecule has 0 fully saturated rings. The summed E-state index contributed by atoms with van der Waals surface area (Å²) in [5, 5.41) is 15.9. The van der Waals surface area contributed by atoms with Gasteiger partial charge < -0.3 is 10.4 Å². The quantitative estimate of drug-likeness (QED) is 0.566. The molecule has 6 nitrogen and oxygen atoms in total. The summed E-state index contributed by atoms with van der Waals surface area (Å²) in [6.07, 6.45) is 1.47. The van der Waals surface area contributed by atoms with Crippen molar-refractivity contribution < 1.29 is 14.7 Å². The van der Waals surface area contributed by atoms with E-state index in [1.54, 1.807) is 36.4 Å². The molecule has 0 aliphatic rings. The van der Waals surface area contributed by atoms with Crippen LogP contribution in [0.3, 0.4) is 0 Å². The number of nitrogens with one attached hydrogen (secondary N) is 2. The average Bonchev–Trinajstić information content (AvgIpc) is 2.51. The molecule has 7 heteroatoms. The van der Waals surface area contributed by atoms with Crippen molar-refractivity contribution in [3.05, 3.63) is 58.1 Å². The van der Waals surface area contributed by atoms with Gasteiger partial charge >= 0.3 is 0 Å². The van der Waals surface area contributed by atoms with Crippen LogP contribution in [0, 0.1) is 0 Å². The van der Waals surface area contributed by atoms with Crippen LogP contribution in [0.25, 0.3) is 0 Å². The lowest BCUT2D eigenvalue weighted by Gasteiger charge is -2.03. The van der Waals surface area contributed by atoms with Crippen LogP contribution in [0.5, 0.6) is 5.75 Å². The molecule has 0 unspecified atom stereocenters. The van der Waals surface area contributed by atoms with Crippen molar-refractivity contribution in [3.63, 3.8) is 0 Å². The van der Waals surface area contributed by atoms with Gasteiger partial charge in [0.15, 0.2) is 0 Å². The average molecular weight is 376 g/mol. The van der Waals surface area contributed by atoms with Gasteiger partial charge in [0, 0.05) is 18.2 Å². The van der Waals surface area contributed by atoms with Gasteiger partial charge in [0.2, 0.25) is 5.91 Å². The van der Waals surface area contributed by atoms with E-state index in [-0.39, 0.29) is 17.6 Å². The van der Waals surface area contributed by atoms with Crippen LogP contribution in [-0.2, 0) is 4.79 Å². The Morgan fingerprint density at radius 2 is 1.87 bits per heavy atom. The van der Waals surface area contributed by atoms with Crippen molar-refractivity contribution in [2.45, 2.75) is 6.92 Å². The van der Waals surface area contributed by atoms with Crippen LogP contribution in [0.4, 0.5) is 5.69 Å². The topological polar surface area (TPSA) is 90.8 Å². The molecule has 2 amide bonds. The van der Waals surface area contributed by atoms with Gasteiger partial charge in [-0.3, -0.25) is 9.59 Å². The molecule has 0 radical (unpaired) electrons. The number of amides is 2. The summed E-state index contributed by atoms with van der Waals surface area (Å²) in [6, 6.07) is 11.3. The number of rotatable bonds is 4. The molecule has 3 N–H and O–H groups in total. The number of halogens is 1. The van der Waals surface area contributed by atoms with Gasteiger partial charge in [0.1, 0.15) is 5.75 Å². The number of hydrogen-bond donors (Lipinski definition) is 3. The minimum atomic E-state index is -0.367. The molecule has 0 aliphatic heterocycles. The monoisotopic (exact) mass is 375 g/mol. The molecule has 0 saturated heterocycles. The highest BCUT2D eigenvalue weighted by molar-refractivity contribution is 9.10. The van der Waals surface area contributed by atoms with Gasteiger partial charge in [-0.05, 0) is 64.0 Å². The maximum atomic E-state index is 11.9. The van der Waals surface area contributed by atoms with Crippen molar-refractivity contribution in [3.8, 4) is 5.75 Å². The zero-order valence-electron chi connectivity index (χ0n) is 12.2. The molecule has 0 aromatic heterocycles. The Morgan fingerprint density at radius 1 is 1.17 bits per heavy atom. The summed E-state index contributed by atoms with van der Waals surface area (Å²) in [5.74, 6) is -0.411. The van der Waals surface area contributed by atoms with E-state index in [1.165, 1.54) is 19.2 Å². The molecule has 2 rings (SSSR count). The first-order valence-corrected chi connectivity index (χ1v) is 7.44. The van der Waals surface area contributed by atoms with Gasteiger partial charge in [-0.25, -0.2) is 5.43 Å². The third-order valence-corrected chi connectivity index (χ3v) is 3.45. The molecule has 0 heterocycles. The molecule has 0 atom stereocenters. The van der Waals surface area contributed by atoms with Gasteiger partial charge in [0.05, 0.1) is 10.7 Å². The summed E-state index contributed by atoms with van der Waals surface area (Å²) in [5.41, 5.74) is 4.16. The summed E-state index contributed by atoms with van der Waals surface area (Å²) in [6.45, 7) is 1.41. The Labute approximate surface area is 141 Å². The number of hydrazone groups is 1. The number of anilines is 1. The number of hydrogen-bond acceptors (Lipinski definition) is 4. The Hall–Kier alpha value is -2.67. The Morgan fingerprint density at radius 3 is 2.48 bits per heavy atom. The fourth-order valence-electron chi connectivity index (χ4n) is 1.74. The zero-order valence-corrected chi connectivity index (χ0v) is 13.8. The first-order chi connectivity index (χ1) is 11.0. The number of aromatic hydroxyl groups is 1. The van der Waals surface area contributed by atoms with E-state index in [0.717, 1.165) is 5.56 Å². The van der Waals surface area contributed by atoms with Crippen molar-refractivity contribution >= 4 is 39.6 Å². The maximum absolute atomic E-state index is 11.9. The maximum Gasteiger partial charge on any atom is 0.271 e. The second-order valence-electron chi connectivity index (χ2n) is 4.67. The summed E-state index contributed by atoms with van der Waals surface area (Å²) in [4.78, 5) is 22.9. The van der Waals surface area contributed by atoms with Crippen LogP contribution >= 0.6 is 15.9 Å². The largest absolute Gasteiger partial charge is 0.507 e. The molecule has 0 aliphatic carbocycles. The lowest BCUT2D eigenvalue weighted by Crippen LogP contribution is -2.17. The van der Waals surface area contributed by atoms with Crippen LogP contribution in [0.1, 0.15) is 22.8 Å². The van der Waals surface area contributed by atoms with Crippen LogP contribution in [0.2, 0.25) is 0 Å². The summed E-state index contributed by atoms with van der Waals surface area (Å²) < 4.78 is 0.543. The number of phenolic OH excluding ortho intramolecular Hbond substituents is 1. The number of phenols is 1. The fourth-order valence-corrected chi connectivity index (χ4v) is 2.14. The molecule has 2 aromatic rings. The Balaban J connectivity index is 1.97. The molecular formula is C16H14BrN3O3. The predicted octanol–water partition coefficient (Wildman–Crippen LogP) is 2.88. The van der Waals surface area contributed by atoms with Crippen molar-refractivity contribution in [2.24, 2.45) is 5.10 Å². The summed E-state index contributed by atoms with van der Waals surface area (Å²) in [7, 11) is 0. The normalized spacial score (nSPS) is 10.5. The molecule has 2 aromatic carbocycles. The molecular weight excluding hydrogens is 362 g/mol. The SMILES string of the molecule is CC(=O)Nc1ccc(C(=O)N/N=C\c2ccc(O)c(Br)c2)cc1. The highest BCUT2D eigenvalue weighted by Gasteiger charge is 2.04. The fraction of sp³-hybridized carbons (Fsp3) is 0.0625. The van der Waals surface area contributed by atoms with E-state index in [0.29, 0.717) is 15.7 Å². The van der Waals surface area contributed by atoms with Crippen molar-refractivity contribution in [1.82, 2.24) is 5.43 Å². The standard InChI is InChI=1S/C16H14BrN3O3/c1-10(21)19-13-5-3-12(4-6-13)16(23)20-18-9-11-2-7-15(22)14(17)8-11/h2-9,22H,1H3,(H,19,21)(H,20,23)/b18-9-. The van der Waals surface area contributed by atoms with E-state index < -0.39 is 0 Å². The second kappa shape index (κ2) is 7.55. The molecule has 23 heavy (non-hydrogen) atoms. The number of carbonyl (C=O) groups excluding carboxylic acids is 2. The highest BCUT2D eigenvalue weighted by atomic mass is 79.9. The Kier molecular flexibility index (Phi) is 5.48. The van der Waals surface area contributed by atoms with Crippen molar-refractivity contribution in [2.75, 3.05) is 5.32 Å². The van der Waals surface area contributed by atoms with E-state index >= 15 is 0 Å². The minimum Gasteiger partial charge on any atom is -0.507 e. The van der Waals surface area contributed by atoms with Crippen molar-refractivity contribution in [1.29, 1.82) is 0 Å². The van der Waals surface area contributed by atoms with E-state index in [9.17, 15) is 14.7 Å². The van der Waals surface area contributed by atoms with E-state index in [1.807, 2.05) is 0 Å². The third kappa shape index (κ3) is 4.93. The van der Waals surface area contributed by atoms with Gasteiger partial charge in [0.25, 0.3) is 5.91 Å². The van der Waals surface area contributed by atoms with Crippen LogP contribution in [0.15, 0.2) is 52.0 Å². The third-order valence-electron chi connectivity index (χ3n) is 2.82. The lowest BCUT2D eigenvalue weighted by atomic mass is 10.2. The summed E-state index contributed by atoms with van der Waals surface area (Å²) >= 11 is 3.20. The molecule has 118 valence electrons. The number of benzene rings is 2. The Bertz CT molecular complexity index is 758.